The Labute approximate surface area is 99.9 Å². The Morgan fingerprint density at radius 1 is 1.44 bits per heavy atom. The molecule has 1 fully saturated rings. The number of ether oxygens (including phenoxy) is 1. The third kappa shape index (κ3) is 3.24. The Hall–Kier alpha value is -1.02. The van der Waals surface area contributed by atoms with Crippen LogP contribution < -0.4 is 4.74 Å². The quantitative estimate of drug-likeness (QED) is 0.710. The first-order valence-corrected chi connectivity index (χ1v) is 5.98. The molecule has 0 saturated heterocycles. The van der Waals surface area contributed by atoms with E-state index >= 15 is 0 Å². The number of allylic oxidation sites excluding steroid dienone is 1. The second kappa shape index (κ2) is 5.35. The van der Waals surface area contributed by atoms with E-state index in [1.54, 1.807) is 18.2 Å². The molecule has 2 rings (SSSR count). The summed E-state index contributed by atoms with van der Waals surface area (Å²) >= 11 is 5.56. The van der Waals surface area contributed by atoms with Crippen molar-refractivity contribution in [3.63, 3.8) is 0 Å². The van der Waals surface area contributed by atoms with Crippen LogP contribution in [0.3, 0.4) is 0 Å². The van der Waals surface area contributed by atoms with Crippen molar-refractivity contribution in [2.75, 3.05) is 12.5 Å². The van der Waals surface area contributed by atoms with Crippen LogP contribution in [0, 0.1) is 11.7 Å². The lowest BCUT2D eigenvalue weighted by atomic mass is 10.2. The maximum Gasteiger partial charge on any atom is 0.126 e. The molecule has 1 aliphatic carbocycles. The molecule has 1 saturated carbocycles. The van der Waals surface area contributed by atoms with Crippen LogP contribution in [0.2, 0.25) is 0 Å². The van der Waals surface area contributed by atoms with Crippen molar-refractivity contribution in [1.29, 1.82) is 0 Å². The molecule has 0 bridgehead atoms. The van der Waals surface area contributed by atoms with Gasteiger partial charge in [-0.05, 0) is 37.0 Å². The summed E-state index contributed by atoms with van der Waals surface area (Å²) in [7, 11) is 0. The van der Waals surface area contributed by atoms with Crippen molar-refractivity contribution >= 4 is 17.7 Å². The van der Waals surface area contributed by atoms with Gasteiger partial charge in [0.15, 0.2) is 0 Å². The van der Waals surface area contributed by atoms with Gasteiger partial charge in [-0.2, -0.15) is 0 Å². The van der Waals surface area contributed by atoms with E-state index in [1.165, 1.54) is 25.0 Å². The molecule has 1 aromatic rings. The van der Waals surface area contributed by atoms with Crippen molar-refractivity contribution in [2.45, 2.75) is 12.8 Å². The molecule has 0 aromatic heterocycles. The Balaban J connectivity index is 2.09. The van der Waals surface area contributed by atoms with Crippen LogP contribution in [0.25, 0.3) is 6.08 Å². The molecule has 0 aliphatic heterocycles. The van der Waals surface area contributed by atoms with Gasteiger partial charge in [0, 0.05) is 11.4 Å². The largest absolute Gasteiger partial charge is 0.493 e. The zero-order valence-corrected chi connectivity index (χ0v) is 9.71. The number of rotatable bonds is 5. The molecule has 1 nitrogen and oxygen atoms in total. The molecule has 3 heteroatoms. The number of halogens is 2. The molecule has 16 heavy (non-hydrogen) atoms. The lowest BCUT2D eigenvalue weighted by Crippen LogP contribution is -2.00. The highest BCUT2D eigenvalue weighted by molar-refractivity contribution is 6.19. The molecule has 1 aliphatic rings. The molecule has 0 atom stereocenters. The zero-order valence-electron chi connectivity index (χ0n) is 8.96. The zero-order chi connectivity index (χ0) is 11.4. The van der Waals surface area contributed by atoms with Gasteiger partial charge in [0.1, 0.15) is 11.6 Å². The highest BCUT2D eigenvalue weighted by atomic mass is 35.5. The highest BCUT2D eigenvalue weighted by Gasteiger charge is 2.22. The molecule has 86 valence electrons. The maximum atomic E-state index is 13.1. The fourth-order valence-electron chi connectivity index (χ4n) is 1.44. The minimum absolute atomic E-state index is 0.256. The van der Waals surface area contributed by atoms with Gasteiger partial charge in [-0.25, -0.2) is 4.39 Å². The minimum atomic E-state index is -0.256. The van der Waals surface area contributed by atoms with E-state index in [2.05, 4.69) is 0 Å². The number of alkyl halides is 1. The minimum Gasteiger partial charge on any atom is -0.493 e. The van der Waals surface area contributed by atoms with Crippen molar-refractivity contribution in [1.82, 2.24) is 0 Å². The van der Waals surface area contributed by atoms with Crippen LogP contribution in [-0.4, -0.2) is 12.5 Å². The molecule has 1 aromatic carbocycles. The second-order valence-electron chi connectivity index (χ2n) is 3.99. The van der Waals surface area contributed by atoms with Crippen LogP contribution in [-0.2, 0) is 0 Å². The summed E-state index contributed by atoms with van der Waals surface area (Å²) in [5.41, 5.74) is 0.751. The standard InChI is InChI=1S/C13H14ClFO/c14-7-1-2-11-8-12(15)5-6-13(11)16-9-10-3-4-10/h1-2,5-6,8,10H,3-4,7,9H2. The predicted octanol–water partition coefficient (Wildman–Crippen LogP) is 3.87. The van der Waals surface area contributed by atoms with E-state index < -0.39 is 0 Å². The van der Waals surface area contributed by atoms with Gasteiger partial charge < -0.3 is 4.74 Å². The Morgan fingerprint density at radius 3 is 2.94 bits per heavy atom. The molecule has 0 amide bonds. The van der Waals surface area contributed by atoms with Gasteiger partial charge in [-0.1, -0.05) is 12.2 Å². The third-order valence-electron chi connectivity index (χ3n) is 2.53. The van der Waals surface area contributed by atoms with E-state index in [4.69, 9.17) is 16.3 Å². The summed E-state index contributed by atoms with van der Waals surface area (Å²) in [6.07, 6.45) is 6.06. The maximum absolute atomic E-state index is 13.1. The molecule has 0 radical (unpaired) electrons. The first-order chi connectivity index (χ1) is 7.79. The summed E-state index contributed by atoms with van der Waals surface area (Å²) in [4.78, 5) is 0. The normalized spacial score (nSPS) is 15.6. The first kappa shape index (κ1) is 11.5. The lowest BCUT2D eigenvalue weighted by molar-refractivity contribution is 0.298. The van der Waals surface area contributed by atoms with E-state index in [9.17, 15) is 4.39 Å². The number of benzene rings is 1. The van der Waals surface area contributed by atoms with Crippen molar-refractivity contribution in [2.24, 2.45) is 5.92 Å². The lowest BCUT2D eigenvalue weighted by Gasteiger charge is -2.08. The number of hydrogen-bond acceptors (Lipinski definition) is 1. The van der Waals surface area contributed by atoms with E-state index in [-0.39, 0.29) is 5.82 Å². The summed E-state index contributed by atoms with van der Waals surface area (Å²) in [5.74, 6) is 1.58. The monoisotopic (exact) mass is 240 g/mol. The second-order valence-corrected chi connectivity index (χ2v) is 4.30. The average Bonchev–Trinajstić information content (AvgIpc) is 3.09. The van der Waals surface area contributed by atoms with Gasteiger partial charge in [-0.3, -0.25) is 0 Å². The fraction of sp³-hybridized carbons (Fsp3) is 0.385. The van der Waals surface area contributed by atoms with Crippen LogP contribution in [0.4, 0.5) is 4.39 Å². The molecule has 0 unspecified atom stereocenters. The Kier molecular flexibility index (Phi) is 3.83. The van der Waals surface area contributed by atoms with E-state index in [1.807, 2.05) is 0 Å². The highest BCUT2D eigenvalue weighted by Crippen LogP contribution is 2.30. The molecule has 0 N–H and O–H groups in total. The van der Waals surface area contributed by atoms with E-state index in [0.717, 1.165) is 17.9 Å². The van der Waals surface area contributed by atoms with Crippen LogP contribution in [0.1, 0.15) is 18.4 Å². The van der Waals surface area contributed by atoms with Gasteiger partial charge in [0.25, 0.3) is 0 Å². The topological polar surface area (TPSA) is 9.23 Å². The summed E-state index contributed by atoms with van der Waals surface area (Å²) < 4.78 is 18.7. The predicted molar refractivity (Wildman–Crippen MR) is 64.4 cm³/mol. The molecule has 0 heterocycles. The van der Waals surface area contributed by atoms with E-state index in [0.29, 0.717) is 11.8 Å². The number of hydrogen-bond donors (Lipinski definition) is 0. The molecular weight excluding hydrogens is 227 g/mol. The summed E-state index contributed by atoms with van der Waals surface area (Å²) in [6, 6.07) is 4.55. The van der Waals surface area contributed by atoms with Crippen molar-refractivity contribution in [3.05, 3.63) is 35.7 Å². The van der Waals surface area contributed by atoms with Gasteiger partial charge >= 0.3 is 0 Å². The smallest absolute Gasteiger partial charge is 0.126 e. The Morgan fingerprint density at radius 2 is 2.25 bits per heavy atom. The van der Waals surface area contributed by atoms with Crippen molar-refractivity contribution < 1.29 is 9.13 Å². The van der Waals surface area contributed by atoms with Crippen molar-refractivity contribution in [3.8, 4) is 5.75 Å². The fourth-order valence-corrected chi connectivity index (χ4v) is 1.53. The van der Waals surface area contributed by atoms with Crippen LogP contribution >= 0.6 is 11.6 Å². The van der Waals surface area contributed by atoms with Crippen LogP contribution in [0.5, 0.6) is 5.75 Å². The van der Waals surface area contributed by atoms with Gasteiger partial charge in [0.05, 0.1) is 6.61 Å². The summed E-state index contributed by atoms with van der Waals surface area (Å²) in [5, 5.41) is 0. The summed E-state index contributed by atoms with van der Waals surface area (Å²) in [6.45, 7) is 0.730. The van der Waals surface area contributed by atoms with Crippen LogP contribution in [0.15, 0.2) is 24.3 Å². The third-order valence-corrected chi connectivity index (χ3v) is 2.71. The Bertz CT molecular complexity index is 386. The first-order valence-electron chi connectivity index (χ1n) is 5.44. The molecule has 0 spiro atoms. The SMILES string of the molecule is Fc1ccc(OCC2CC2)c(C=CCCl)c1. The molecular formula is C13H14ClFO. The average molecular weight is 241 g/mol. The van der Waals surface area contributed by atoms with Gasteiger partial charge in [0.2, 0.25) is 0 Å². The van der Waals surface area contributed by atoms with Gasteiger partial charge in [-0.15, -0.1) is 11.6 Å².